The van der Waals surface area contributed by atoms with Gasteiger partial charge in [-0.05, 0) is 63.5 Å². The van der Waals surface area contributed by atoms with Gasteiger partial charge in [0.2, 0.25) is 0 Å². The monoisotopic (exact) mass is 318 g/mol. The van der Waals surface area contributed by atoms with Gasteiger partial charge in [-0.25, -0.2) is 0 Å². The topological polar surface area (TPSA) is 9.23 Å². The zero-order valence-corrected chi connectivity index (χ0v) is 15.0. The standard InChI is InChI=1S/C20H31OP/c1-21-17-10-9-15-20(16-17)22(2,18-11-5-3-6-12-18)19-13-7-4-8-14-19/h9-10,15-16,18-19H,2-8,11-14H2,1H3. The van der Waals surface area contributed by atoms with Gasteiger partial charge in [0.15, 0.2) is 0 Å². The molecule has 0 spiro atoms. The number of ether oxygens (including phenoxy) is 1. The molecule has 2 aliphatic carbocycles. The van der Waals surface area contributed by atoms with Gasteiger partial charge >= 0.3 is 0 Å². The van der Waals surface area contributed by atoms with E-state index in [2.05, 4.69) is 24.3 Å². The molecule has 122 valence electrons. The van der Waals surface area contributed by atoms with Crippen molar-refractivity contribution in [1.82, 2.24) is 0 Å². The van der Waals surface area contributed by atoms with Crippen molar-refractivity contribution in [3.05, 3.63) is 30.9 Å². The fourth-order valence-electron chi connectivity index (χ4n) is 4.67. The molecule has 0 radical (unpaired) electrons. The summed E-state index contributed by atoms with van der Waals surface area (Å²) < 4.78 is 5.51. The van der Waals surface area contributed by atoms with Crippen LogP contribution in [-0.2, 0) is 0 Å². The van der Waals surface area contributed by atoms with Crippen LogP contribution in [0, 0.1) is 6.66 Å². The fourth-order valence-corrected chi connectivity index (χ4v) is 9.42. The minimum absolute atomic E-state index is 0.858. The molecule has 0 unspecified atom stereocenters. The third-order valence-corrected chi connectivity index (χ3v) is 10.9. The molecule has 2 saturated carbocycles. The fraction of sp³-hybridized carbons (Fsp3) is 0.650. The first-order chi connectivity index (χ1) is 10.7. The van der Waals surface area contributed by atoms with E-state index < -0.39 is 7.26 Å². The summed E-state index contributed by atoms with van der Waals surface area (Å²) in [6, 6.07) is 8.92. The largest absolute Gasteiger partial charge is 0.497 e. The van der Waals surface area contributed by atoms with E-state index in [0.29, 0.717) is 0 Å². The van der Waals surface area contributed by atoms with E-state index in [9.17, 15) is 0 Å². The van der Waals surface area contributed by atoms with Gasteiger partial charge < -0.3 is 4.74 Å². The van der Waals surface area contributed by atoms with E-state index in [-0.39, 0.29) is 0 Å². The molecule has 1 nitrogen and oxygen atoms in total. The highest BCUT2D eigenvalue weighted by atomic mass is 31.2. The highest BCUT2D eigenvalue weighted by molar-refractivity contribution is 7.85. The minimum atomic E-state index is -1.34. The van der Waals surface area contributed by atoms with Gasteiger partial charge in [-0.1, -0.05) is 26.2 Å². The molecule has 0 heterocycles. The lowest BCUT2D eigenvalue weighted by Crippen LogP contribution is -2.32. The molecule has 0 saturated heterocycles. The molecule has 2 fully saturated rings. The molecule has 2 aliphatic rings. The SMILES string of the molecule is [CH2-][P+](c1cccc(OC)c1)(C1CCCCC1)C1CCCCC1. The Bertz CT molecular complexity index is 454. The van der Waals surface area contributed by atoms with E-state index >= 15 is 0 Å². The number of benzene rings is 1. The third kappa shape index (κ3) is 3.21. The normalized spacial score (nSPS) is 21.7. The summed E-state index contributed by atoms with van der Waals surface area (Å²) in [4.78, 5) is 0. The maximum absolute atomic E-state index is 5.51. The van der Waals surface area contributed by atoms with Crippen molar-refractivity contribution >= 4 is 12.6 Å². The zero-order chi connectivity index (χ0) is 15.4. The van der Waals surface area contributed by atoms with Crippen LogP contribution in [0.25, 0.3) is 0 Å². The van der Waals surface area contributed by atoms with Crippen molar-refractivity contribution in [2.75, 3.05) is 7.11 Å². The summed E-state index contributed by atoms with van der Waals surface area (Å²) in [6.45, 7) is 5.02. The maximum atomic E-state index is 5.51. The Hall–Kier alpha value is -0.550. The van der Waals surface area contributed by atoms with Crippen LogP contribution in [0.1, 0.15) is 64.2 Å². The van der Waals surface area contributed by atoms with Crippen LogP contribution in [0.3, 0.4) is 0 Å². The number of methoxy groups -OCH3 is 1. The van der Waals surface area contributed by atoms with Gasteiger partial charge in [0.25, 0.3) is 0 Å². The van der Waals surface area contributed by atoms with Gasteiger partial charge in [-0.3, -0.25) is 0 Å². The van der Waals surface area contributed by atoms with Gasteiger partial charge in [-0.2, -0.15) is 6.66 Å². The van der Waals surface area contributed by atoms with E-state index in [1.165, 1.54) is 69.5 Å². The molecular weight excluding hydrogens is 287 g/mol. The van der Waals surface area contributed by atoms with Crippen LogP contribution < -0.4 is 10.0 Å². The molecule has 3 rings (SSSR count). The van der Waals surface area contributed by atoms with Gasteiger partial charge in [-0.15, -0.1) is 0 Å². The van der Waals surface area contributed by atoms with E-state index in [1.807, 2.05) is 0 Å². The lowest BCUT2D eigenvalue weighted by Gasteiger charge is -2.46. The van der Waals surface area contributed by atoms with Gasteiger partial charge in [0, 0.05) is 17.4 Å². The quantitative estimate of drug-likeness (QED) is 0.504. The summed E-state index contributed by atoms with van der Waals surface area (Å²) in [5.41, 5.74) is 1.72. The van der Waals surface area contributed by atoms with Crippen molar-refractivity contribution in [3.63, 3.8) is 0 Å². The second-order valence-corrected chi connectivity index (χ2v) is 11.1. The predicted octanol–water partition coefficient (Wildman–Crippen LogP) is 5.80. The Kier molecular flexibility index (Phi) is 5.45. The predicted molar refractivity (Wildman–Crippen MR) is 98.7 cm³/mol. The Labute approximate surface area is 137 Å². The molecule has 0 aliphatic heterocycles. The molecule has 1 aromatic rings. The van der Waals surface area contributed by atoms with Crippen LogP contribution >= 0.6 is 7.26 Å². The average molecular weight is 318 g/mol. The Morgan fingerprint density at radius 3 is 1.95 bits per heavy atom. The summed E-state index contributed by atoms with van der Waals surface area (Å²) in [5.74, 6) is 1.01. The lowest BCUT2D eigenvalue weighted by atomic mass is 9.99. The van der Waals surface area contributed by atoms with Crippen LogP contribution in [-0.4, -0.2) is 18.4 Å². The van der Waals surface area contributed by atoms with Crippen molar-refractivity contribution in [2.45, 2.75) is 75.5 Å². The number of hydrogen-bond acceptors (Lipinski definition) is 1. The number of rotatable bonds is 4. The van der Waals surface area contributed by atoms with Crippen LogP contribution in [0.2, 0.25) is 0 Å². The van der Waals surface area contributed by atoms with Crippen molar-refractivity contribution in [2.24, 2.45) is 0 Å². The first-order valence-electron chi connectivity index (χ1n) is 9.12. The smallest absolute Gasteiger partial charge is 0.122 e. The van der Waals surface area contributed by atoms with E-state index in [0.717, 1.165) is 17.1 Å². The second-order valence-electron chi connectivity index (χ2n) is 7.22. The van der Waals surface area contributed by atoms with Crippen molar-refractivity contribution < 1.29 is 4.74 Å². The molecule has 0 bridgehead atoms. The van der Waals surface area contributed by atoms with E-state index in [4.69, 9.17) is 11.4 Å². The molecule has 0 atom stereocenters. The Morgan fingerprint density at radius 1 is 0.909 bits per heavy atom. The van der Waals surface area contributed by atoms with E-state index in [1.54, 1.807) is 7.11 Å². The summed E-state index contributed by atoms with van der Waals surface area (Å²) in [6.07, 6.45) is 14.2. The molecule has 2 heteroatoms. The van der Waals surface area contributed by atoms with Gasteiger partial charge in [0.1, 0.15) is 5.75 Å². The van der Waals surface area contributed by atoms with Crippen LogP contribution in [0.15, 0.2) is 24.3 Å². The second kappa shape index (κ2) is 7.35. The van der Waals surface area contributed by atoms with Gasteiger partial charge in [0.05, 0.1) is 12.4 Å². The third-order valence-electron chi connectivity index (χ3n) is 5.99. The molecule has 0 amide bonds. The first-order valence-corrected chi connectivity index (χ1v) is 11.2. The summed E-state index contributed by atoms with van der Waals surface area (Å²) in [5, 5.41) is 1.53. The molecule has 0 N–H and O–H groups in total. The summed E-state index contributed by atoms with van der Waals surface area (Å²) in [7, 11) is 0.439. The van der Waals surface area contributed by atoms with Crippen molar-refractivity contribution in [1.29, 1.82) is 0 Å². The van der Waals surface area contributed by atoms with Crippen LogP contribution in [0.5, 0.6) is 5.75 Å². The zero-order valence-electron chi connectivity index (χ0n) is 14.1. The van der Waals surface area contributed by atoms with Crippen LogP contribution in [0.4, 0.5) is 0 Å². The molecule has 1 aromatic carbocycles. The summed E-state index contributed by atoms with van der Waals surface area (Å²) >= 11 is 0. The Morgan fingerprint density at radius 2 is 1.45 bits per heavy atom. The molecule has 22 heavy (non-hydrogen) atoms. The lowest BCUT2D eigenvalue weighted by molar-refractivity contribution is 0.415. The Balaban J connectivity index is 1.96. The van der Waals surface area contributed by atoms with Crippen molar-refractivity contribution in [3.8, 4) is 5.75 Å². The minimum Gasteiger partial charge on any atom is -0.497 e. The molecule has 0 aromatic heterocycles. The maximum Gasteiger partial charge on any atom is 0.122 e. The number of hydrogen-bond donors (Lipinski definition) is 0. The first kappa shape index (κ1) is 16.3. The molecular formula is C20H31OP. The highest BCUT2D eigenvalue weighted by Gasteiger charge is 2.44. The average Bonchev–Trinajstić information content (AvgIpc) is 2.62. The highest BCUT2D eigenvalue weighted by Crippen LogP contribution is 2.70.